The van der Waals surface area contributed by atoms with Crippen LogP contribution in [0.3, 0.4) is 0 Å². The van der Waals surface area contributed by atoms with Gasteiger partial charge in [-0.3, -0.25) is 14.5 Å². The topological polar surface area (TPSA) is 43.9 Å². The van der Waals surface area contributed by atoms with Crippen LogP contribution >= 0.6 is 0 Å². The lowest BCUT2D eigenvalue weighted by molar-refractivity contribution is -0.141. The van der Waals surface area contributed by atoms with Gasteiger partial charge in [0, 0.05) is 32.1 Å². The highest BCUT2D eigenvalue weighted by atomic mass is 16.2. The largest absolute Gasteiger partial charge is 0.342 e. The molecule has 26 heavy (non-hydrogen) atoms. The van der Waals surface area contributed by atoms with Crippen molar-refractivity contribution >= 4 is 11.8 Å². The second kappa shape index (κ2) is 10.3. The van der Waals surface area contributed by atoms with Gasteiger partial charge in [0.2, 0.25) is 11.8 Å². The number of nitrogens with zero attached hydrogens (tertiary/aromatic N) is 3. The first kappa shape index (κ1) is 19.7. The number of amides is 2. The molecule has 0 atom stereocenters. The van der Waals surface area contributed by atoms with Gasteiger partial charge in [0.05, 0.1) is 6.54 Å². The molecule has 148 valence electrons. The van der Waals surface area contributed by atoms with Crippen molar-refractivity contribution in [2.75, 3.05) is 45.8 Å². The molecule has 0 N–H and O–H groups in total. The van der Waals surface area contributed by atoms with Gasteiger partial charge in [0.15, 0.2) is 0 Å². The summed E-state index contributed by atoms with van der Waals surface area (Å²) in [6, 6.07) is 0. The van der Waals surface area contributed by atoms with E-state index in [0.717, 1.165) is 65.0 Å². The van der Waals surface area contributed by atoms with Gasteiger partial charge in [0.25, 0.3) is 0 Å². The fourth-order valence-corrected chi connectivity index (χ4v) is 4.69. The zero-order valence-corrected chi connectivity index (χ0v) is 16.5. The lowest BCUT2D eigenvalue weighted by Crippen LogP contribution is -2.47. The van der Waals surface area contributed by atoms with Crippen LogP contribution in [0.1, 0.15) is 70.6 Å². The Morgan fingerprint density at radius 2 is 1.12 bits per heavy atom. The van der Waals surface area contributed by atoms with E-state index in [0.29, 0.717) is 12.5 Å². The zero-order valence-electron chi connectivity index (χ0n) is 16.5. The average molecular weight is 364 g/mol. The second-order valence-electron chi connectivity index (χ2n) is 8.44. The van der Waals surface area contributed by atoms with Crippen molar-refractivity contribution in [2.45, 2.75) is 70.6 Å². The molecule has 2 amide bonds. The maximum Gasteiger partial charge on any atom is 0.236 e. The van der Waals surface area contributed by atoms with Crippen LogP contribution in [0.25, 0.3) is 0 Å². The van der Waals surface area contributed by atoms with Crippen molar-refractivity contribution < 1.29 is 9.59 Å². The van der Waals surface area contributed by atoms with Gasteiger partial charge in [-0.2, -0.15) is 0 Å². The second-order valence-corrected chi connectivity index (χ2v) is 8.44. The Hall–Kier alpha value is -1.10. The maximum absolute atomic E-state index is 12.8. The molecule has 0 aromatic heterocycles. The van der Waals surface area contributed by atoms with Gasteiger partial charge in [-0.05, 0) is 51.6 Å². The van der Waals surface area contributed by atoms with Crippen LogP contribution in [0.4, 0.5) is 0 Å². The molecule has 3 heterocycles. The first-order valence-corrected chi connectivity index (χ1v) is 11.0. The van der Waals surface area contributed by atoms with Gasteiger partial charge < -0.3 is 9.80 Å². The molecule has 3 fully saturated rings. The third-order valence-corrected chi connectivity index (χ3v) is 6.42. The van der Waals surface area contributed by atoms with Crippen LogP contribution < -0.4 is 0 Å². The Morgan fingerprint density at radius 3 is 1.69 bits per heavy atom. The van der Waals surface area contributed by atoms with Crippen molar-refractivity contribution in [1.82, 2.24) is 14.7 Å². The first-order chi connectivity index (χ1) is 12.7. The van der Waals surface area contributed by atoms with Gasteiger partial charge in [-0.15, -0.1) is 0 Å². The van der Waals surface area contributed by atoms with Crippen LogP contribution in [0.15, 0.2) is 0 Å². The summed E-state index contributed by atoms with van der Waals surface area (Å²) in [5.41, 5.74) is 0. The van der Waals surface area contributed by atoms with Crippen LogP contribution in [0.2, 0.25) is 0 Å². The Balaban J connectivity index is 1.42. The molecule has 0 aliphatic carbocycles. The number of hydrogen-bond donors (Lipinski definition) is 0. The van der Waals surface area contributed by atoms with Crippen molar-refractivity contribution in [2.24, 2.45) is 5.92 Å². The van der Waals surface area contributed by atoms with Crippen molar-refractivity contribution in [1.29, 1.82) is 0 Å². The van der Waals surface area contributed by atoms with E-state index in [4.69, 9.17) is 0 Å². The third-order valence-electron chi connectivity index (χ3n) is 6.42. The van der Waals surface area contributed by atoms with Gasteiger partial charge in [0.1, 0.15) is 0 Å². The Labute approximate surface area is 159 Å². The predicted molar refractivity (Wildman–Crippen MR) is 104 cm³/mol. The number of piperidine rings is 1. The van der Waals surface area contributed by atoms with Gasteiger partial charge in [-0.25, -0.2) is 0 Å². The van der Waals surface area contributed by atoms with E-state index in [9.17, 15) is 9.59 Å². The number of carbonyl (C=O) groups is 2. The van der Waals surface area contributed by atoms with E-state index in [1.165, 1.54) is 44.9 Å². The quantitative estimate of drug-likeness (QED) is 0.774. The van der Waals surface area contributed by atoms with Crippen LogP contribution in [0, 0.1) is 5.92 Å². The molecule has 3 aliphatic heterocycles. The highest BCUT2D eigenvalue weighted by molar-refractivity contribution is 5.81. The molecule has 3 saturated heterocycles. The average Bonchev–Trinajstić information content (AvgIpc) is 2.93. The van der Waals surface area contributed by atoms with Crippen molar-refractivity contribution in [3.8, 4) is 0 Å². The zero-order chi connectivity index (χ0) is 18.2. The van der Waals surface area contributed by atoms with E-state index < -0.39 is 0 Å². The molecular formula is C21H37N3O2. The van der Waals surface area contributed by atoms with E-state index in [2.05, 4.69) is 9.80 Å². The summed E-state index contributed by atoms with van der Waals surface area (Å²) >= 11 is 0. The summed E-state index contributed by atoms with van der Waals surface area (Å²) in [7, 11) is 0. The monoisotopic (exact) mass is 363 g/mol. The Bertz CT molecular complexity index is 444. The lowest BCUT2D eigenvalue weighted by Gasteiger charge is -2.35. The van der Waals surface area contributed by atoms with E-state index in [1.807, 2.05) is 4.90 Å². The molecule has 0 bridgehead atoms. The number of carbonyl (C=O) groups excluding carboxylic acids is 2. The molecule has 3 aliphatic rings. The van der Waals surface area contributed by atoms with E-state index in [-0.39, 0.29) is 11.8 Å². The highest BCUT2D eigenvalue weighted by Gasteiger charge is 2.30. The molecule has 0 spiro atoms. The number of hydrogen-bond acceptors (Lipinski definition) is 3. The van der Waals surface area contributed by atoms with Crippen molar-refractivity contribution in [3.05, 3.63) is 0 Å². The summed E-state index contributed by atoms with van der Waals surface area (Å²) < 4.78 is 0. The molecule has 5 heteroatoms. The van der Waals surface area contributed by atoms with E-state index in [1.54, 1.807) is 0 Å². The minimum absolute atomic E-state index is 0.138. The normalized spacial score (nSPS) is 24.6. The van der Waals surface area contributed by atoms with Gasteiger partial charge in [-0.1, -0.05) is 32.1 Å². The van der Waals surface area contributed by atoms with Crippen LogP contribution in [-0.4, -0.2) is 72.3 Å². The molecule has 0 aromatic carbocycles. The van der Waals surface area contributed by atoms with Crippen molar-refractivity contribution in [3.63, 3.8) is 0 Å². The molecule has 0 radical (unpaired) electrons. The first-order valence-electron chi connectivity index (χ1n) is 11.0. The fraction of sp³-hybridized carbons (Fsp3) is 0.905. The summed E-state index contributed by atoms with van der Waals surface area (Å²) in [6.07, 6.45) is 12.9. The third kappa shape index (κ3) is 5.70. The molecule has 5 nitrogen and oxygen atoms in total. The summed E-state index contributed by atoms with van der Waals surface area (Å²) in [5.74, 6) is 0.757. The molecule has 0 saturated carbocycles. The molecule has 3 rings (SSSR count). The van der Waals surface area contributed by atoms with Gasteiger partial charge >= 0.3 is 0 Å². The Kier molecular flexibility index (Phi) is 7.78. The predicted octanol–water partition coefficient (Wildman–Crippen LogP) is 2.89. The summed E-state index contributed by atoms with van der Waals surface area (Å²) in [4.78, 5) is 31.9. The molecular weight excluding hydrogens is 326 g/mol. The van der Waals surface area contributed by atoms with E-state index >= 15 is 0 Å². The fourth-order valence-electron chi connectivity index (χ4n) is 4.69. The standard InChI is InChI=1S/C21H37N3O2/c25-20(18-22-12-6-2-1-3-7-13-22)23-16-10-19(11-17-23)21(26)24-14-8-4-5-9-15-24/h19H,1-18H2. The highest BCUT2D eigenvalue weighted by Crippen LogP contribution is 2.22. The Morgan fingerprint density at radius 1 is 0.615 bits per heavy atom. The summed E-state index contributed by atoms with van der Waals surface area (Å²) in [6.45, 7) is 6.10. The molecule has 0 unspecified atom stereocenters. The minimum Gasteiger partial charge on any atom is -0.342 e. The lowest BCUT2D eigenvalue weighted by atomic mass is 9.95. The SMILES string of the molecule is O=C(CN1CCCCCCC1)N1CCC(C(=O)N2CCCCCC2)CC1. The molecule has 0 aromatic rings. The number of rotatable bonds is 3. The number of likely N-dealkylation sites (tertiary alicyclic amines) is 3. The smallest absolute Gasteiger partial charge is 0.236 e. The minimum atomic E-state index is 0.138. The maximum atomic E-state index is 12.8. The van der Waals surface area contributed by atoms with Crippen LogP contribution in [-0.2, 0) is 9.59 Å². The summed E-state index contributed by atoms with van der Waals surface area (Å²) in [5, 5.41) is 0. The van der Waals surface area contributed by atoms with Crippen LogP contribution in [0.5, 0.6) is 0 Å².